The average molecular weight is 486 g/mol. The van der Waals surface area contributed by atoms with E-state index < -0.39 is 17.9 Å². The number of carbonyl (C=O) groups is 3. The molecule has 3 amide bonds. The van der Waals surface area contributed by atoms with Gasteiger partial charge in [0.2, 0.25) is 24.5 Å². The molecule has 0 aromatic heterocycles. The molecular formula is C28H27N3O5. The van der Waals surface area contributed by atoms with Crippen LogP contribution in [0.15, 0.2) is 48.7 Å². The number of likely N-dealkylation sites (tertiary alicyclic amines) is 1. The number of carbonyl (C=O) groups excluding carboxylic acids is 3. The van der Waals surface area contributed by atoms with Gasteiger partial charge in [-0.05, 0) is 42.2 Å². The van der Waals surface area contributed by atoms with E-state index in [4.69, 9.17) is 9.47 Å². The van der Waals surface area contributed by atoms with Crippen LogP contribution >= 0.6 is 0 Å². The van der Waals surface area contributed by atoms with Gasteiger partial charge < -0.3 is 19.7 Å². The molecule has 0 spiro atoms. The smallest absolute Gasteiger partial charge is 0.247 e. The van der Waals surface area contributed by atoms with E-state index in [2.05, 4.69) is 5.32 Å². The Hall–Kier alpha value is -3.81. The molecule has 1 N–H and O–H groups in total. The van der Waals surface area contributed by atoms with Crippen LogP contribution in [0.1, 0.15) is 49.3 Å². The standard InChI is InChI=1S/C28H27N3O5/c32-26(29-17-10-11-20-21(14-17)36-15-35-20)25-23-22(24-19-9-5-4-6-16(19)12-13-30(24)25)27(33)31(28(23)34)18-7-2-1-3-8-18/h4-6,9-14,18,22-25H,1-3,7-8,15H2,(H,29,32)/t22-,23-,24+,25+/m1/s1. The van der Waals surface area contributed by atoms with Gasteiger partial charge in [0, 0.05) is 24.0 Å². The normalized spacial score (nSPS) is 28.2. The highest BCUT2D eigenvalue weighted by molar-refractivity contribution is 6.11. The van der Waals surface area contributed by atoms with Crippen LogP contribution in [0.5, 0.6) is 11.5 Å². The van der Waals surface area contributed by atoms with Crippen LogP contribution < -0.4 is 14.8 Å². The van der Waals surface area contributed by atoms with Crippen LogP contribution in [0.4, 0.5) is 5.69 Å². The number of amides is 3. The number of benzene rings is 2. The van der Waals surface area contributed by atoms with E-state index in [0.717, 1.165) is 43.2 Å². The van der Waals surface area contributed by atoms with Crippen molar-refractivity contribution in [3.05, 3.63) is 59.8 Å². The lowest BCUT2D eigenvalue weighted by atomic mass is 9.84. The largest absolute Gasteiger partial charge is 0.454 e. The topological polar surface area (TPSA) is 88.2 Å². The number of nitrogens with zero attached hydrogens (tertiary/aromatic N) is 2. The molecule has 0 radical (unpaired) electrons. The van der Waals surface area contributed by atoms with Crippen molar-refractivity contribution in [2.45, 2.75) is 50.2 Å². The number of nitrogens with one attached hydrogen (secondary N) is 1. The molecular weight excluding hydrogens is 458 g/mol. The molecule has 1 saturated carbocycles. The van der Waals surface area contributed by atoms with Gasteiger partial charge in [-0.1, -0.05) is 43.5 Å². The zero-order valence-electron chi connectivity index (χ0n) is 19.8. The summed E-state index contributed by atoms with van der Waals surface area (Å²) >= 11 is 0. The molecule has 184 valence electrons. The van der Waals surface area contributed by atoms with Gasteiger partial charge in [0.05, 0.1) is 17.9 Å². The minimum absolute atomic E-state index is 0.0650. The first-order valence-electron chi connectivity index (χ1n) is 12.7. The lowest BCUT2D eigenvalue weighted by Crippen LogP contribution is -2.49. The maximum Gasteiger partial charge on any atom is 0.247 e. The van der Waals surface area contributed by atoms with Crippen molar-refractivity contribution in [1.29, 1.82) is 0 Å². The van der Waals surface area contributed by atoms with Crippen molar-refractivity contribution in [3.8, 4) is 11.5 Å². The van der Waals surface area contributed by atoms with Crippen molar-refractivity contribution in [2.24, 2.45) is 11.8 Å². The third kappa shape index (κ3) is 3.09. The molecule has 0 bridgehead atoms. The van der Waals surface area contributed by atoms with Gasteiger partial charge in [0.25, 0.3) is 0 Å². The molecule has 8 heteroatoms. The van der Waals surface area contributed by atoms with Crippen LogP contribution in [0, 0.1) is 11.8 Å². The van der Waals surface area contributed by atoms with Crippen LogP contribution in [0.2, 0.25) is 0 Å². The number of anilines is 1. The van der Waals surface area contributed by atoms with Gasteiger partial charge >= 0.3 is 0 Å². The molecule has 3 fully saturated rings. The van der Waals surface area contributed by atoms with Crippen molar-refractivity contribution < 1.29 is 23.9 Å². The minimum atomic E-state index is -0.792. The number of imide groups is 1. The summed E-state index contributed by atoms with van der Waals surface area (Å²) in [5.74, 6) is -0.755. The summed E-state index contributed by atoms with van der Waals surface area (Å²) in [6.07, 6.45) is 8.70. The molecule has 4 aliphatic heterocycles. The minimum Gasteiger partial charge on any atom is -0.454 e. The predicted molar refractivity (Wildman–Crippen MR) is 131 cm³/mol. The number of hydrogen-bond donors (Lipinski definition) is 1. The van der Waals surface area contributed by atoms with Gasteiger partial charge in [-0.25, -0.2) is 0 Å². The molecule has 2 aromatic rings. The lowest BCUT2D eigenvalue weighted by molar-refractivity contribution is -0.146. The summed E-state index contributed by atoms with van der Waals surface area (Å²) in [7, 11) is 0. The zero-order valence-corrected chi connectivity index (χ0v) is 19.8. The van der Waals surface area contributed by atoms with Crippen molar-refractivity contribution in [1.82, 2.24) is 9.80 Å². The van der Waals surface area contributed by atoms with E-state index in [0.29, 0.717) is 17.2 Å². The first-order valence-corrected chi connectivity index (χ1v) is 12.7. The van der Waals surface area contributed by atoms with Gasteiger partial charge in [0.1, 0.15) is 6.04 Å². The Morgan fingerprint density at radius 2 is 1.69 bits per heavy atom. The highest BCUT2D eigenvalue weighted by atomic mass is 16.7. The second kappa shape index (κ2) is 8.11. The van der Waals surface area contributed by atoms with Crippen molar-refractivity contribution in [3.63, 3.8) is 0 Å². The number of fused-ring (bicyclic) bond motifs is 6. The fourth-order valence-corrected chi connectivity index (χ4v) is 6.77. The Bertz CT molecular complexity index is 1300. The summed E-state index contributed by atoms with van der Waals surface area (Å²) in [5.41, 5.74) is 2.57. The van der Waals surface area contributed by atoms with E-state index in [9.17, 15) is 14.4 Å². The van der Waals surface area contributed by atoms with E-state index in [1.54, 1.807) is 18.2 Å². The summed E-state index contributed by atoms with van der Waals surface area (Å²) < 4.78 is 10.8. The Labute approximate surface area is 208 Å². The molecule has 7 rings (SSSR count). The third-order valence-electron chi connectivity index (χ3n) is 8.34. The van der Waals surface area contributed by atoms with Crippen LogP contribution in [0.3, 0.4) is 0 Å². The fraction of sp³-hybridized carbons (Fsp3) is 0.393. The van der Waals surface area contributed by atoms with Crippen molar-refractivity contribution >= 4 is 29.5 Å². The van der Waals surface area contributed by atoms with Gasteiger partial charge in [-0.3, -0.25) is 19.3 Å². The molecule has 4 heterocycles. The number of rotatable bonds is 3. The second-order valence-corrected chi connectivity index (χ2v) is 10.2. The number of ether oxygens (including phenoxy) is 2. The Morgan fingerprint density at radius 1 is 0.917 bits per heavy atom. The van der Waals surface area contributed by atoms with Gasteiger partial charge in [-0.15, -0.1) is 0 Å². The highest BCUT2D eigenvalue weighted by Gasteiger charge is 2.65. The molecule has 4 atom stereocenters. The second-order valence-electron chi connectivity index (χ2n) is 10.2. The Morgan fingerprint density at radius 3 is 2.56 bits per heavy atom. The van der Waals surface area contributed by atoms with Crippen LogP contribution in [-0.2, 0) is 14.4 Å². The van der Waals surface area contributed by atoms with Crippen LogP contribution in [0.25, 0.3) is 6.08 Å². The van der Waals surface area contributed by atoms with Gasteiger partial charge in [-0.2, -0.15) is 0 Å². The Balaban J connectivity index is 1.27. The highest BCUT2D eigenvalue weighted by Crippen LogP contribution is 2.53. The summed E-state index contributed by atoms with van der Waals surface area (Å²) in [4.78, 5) is 45.1. The average Bonchev–Trinajstić information content (AvgIpc) is 3.57. The van der Waals surface area contributed by atoms with E-state index >= 15 is 0 Å². The zero-order chi connectivity index (χ0) is 24.4. The summed E-state index contributed by atoms with van der Waals surface area (Å²) in [5, 5.41) is 2.98. The van der Waals surface area contributed by atoms with Crippen molar-refractivity contribution in [2.75, 3.05) is 12.1 Å². The van der Waals surface area contributed by atoms with Crippen LogP contribution in [-0.4, -0.2) is 46.4 Å². The van der Waals surface area contributed by atoms with E-state index in [1.807, 2.05) is 41.4 Å². The maximum absolute atomic E-state index is 13.9. The first-order chi connectivity index (χ1) is 17.6. The molecule has 1 aliphatic carbocycles. The molecule has 8 nitrogen and oxygen atoms in total. The molecule has 5 aliphatic rings. The Kier molecular flexibility index (Phi) is 4.84. The first kappa shape index (κ1) is 21.5. The molecule has 36 heavy (non-hydrogen) atoms. The molecule has 2 aromatic carbocycles. The van der Waals surface area contributed by atoms with Gasteiger partial charge in [0.15, 0.2) is 11.5 Å². The summed E-state index contributed by atoms with van der Waals surface area (Å²) in [6.45, 7) is 0.145. The lowest BCUT2D eigenvalue weighted by Gasteiger charge is -2.37. The SMILES string of the molecule is O=C(Nc1ccc2c(c1)OCO2)[C@@H]1[C@@H]2C(=O)N(C3CCCCC3)C(=O)[C@H]2[C@@H]2c3ccccc3C=CN12. The predicted octanol–water partition coefficient (Wildman–Crippen LogP) is 3.70. The molecule has 2 saturated heterocycles. The monoisotopic (exact) mass is 485 g/mol. The van der Waals surface area contributed by atoms with E-state index in [-0.39, 0.29) is 36.6 Å². The summed E-state index contributed by atoms with van der Waals surface area (Å²) in [6, 6.07) is 12.0. The van der Waals surface area contributed by atoms with E-state index in [1.165, 1.54) is 4.90 Å². The number of hydrogen-bond acceptors (Lipinski definition) is 6. The fourth-order valence-electron chi connectivity index (χ4n) is 6.77. The molecule has 0 unspecified atom stereocenters. The maximum atomic E-state index is 13.9. The third-order valence-corrected chi connectivity index (χ3v) is 8.34. The quantitative estimate of drug-likeness (QED) is 0.667.